The number of amides is 1. The Kier molecular flexibility index (Phi) is 6.48. The van der Waals surface area contributed by atoms with Crippen LogP contribution in [0.25, 0.3) is 11.3 Å². The van der Waals surface area contributed by atoms with Gasteiger partial charge in [-0.1, -0.05) is 23.2 Å². The topological polar surface area (TPSA) is 107 Å². The van der Waals surface area contributed by atoms with E-state index in [9.17, 15) is 14.9 Å². The molecule has 148 valence electrons. The van der Waals surface area contributed by atoms with Crippen LogP contribution < -0.4 is 10.2 Å². The van der Waals surface area contributed by atoms with E-state index in [1.54, 1.807) is 36.4 Å². The zero-order valence-corrected chi connectivity index (χ0v) is 16.2. The fraction of sp³-hybridized carbons (Fsp3) is 0.0526. The molecule has 0 aliphatic carbocycles. The van der Waals surface area contributed by atoms with Crippen molar-refractivity contribution >= 4 is 41.0 Å². The molecule has 0 saturated heterocycles. The molecule has 8 nitrogen and oxygen atoms in total. The van der Waals surface area contributed by atoms with E-state index in [4.69, 9.17) is 32.4 Å². The number of rotatable bonds is 7. The number of nitrogens with zero attached hydrogens (tertiary/aromatic N) is 2. The first kappa shape index (κ1) is 20.4. The largest absolute Gasteiger partial charge is 0.482 e. The van der Waals surface area contributed by atoms with Gasteiger partial charge in [0.2, 0.25) is 0 Å². The summed E-state index contributed by atoms with van der Waals surface area (Å²) in [5.74, 6) is 0.681. The normalized spacial score (nSPS) is 10.8. The summed E-state index contributed by atoms with van der Waals surface area (Å²) in [6.45, 7) is -0.302. The van der Waals surface area contributed by atoms with Crippen molar-refractivity contribution in [3.05, 3.63) is 80.5 Å². The highest BCUT2D eigenvalue weighted by Crippen LogP contribution is 2.27. The molecule has 0 fully saturated rings. The number of carbonyl (C=O) groups is 1. The second-order valence-corrected chi connectivity index (χ2v) is 6.51. The molecule has 1 heterocycles. The van der Waals surface area contributed by atoms with Crippen LogP contribution in [0.4, 0.5) is 5.69 Å². The number of furan rings is 1. The van der Waals surface area contributed by atoms with Crippen LogP contribution in [-0.2, 0) is 4.79 Å². The maximum Gasteiger partial charge on any atom is 0.277 e. The standard InChI is InChI=1S/C19H13Cl2N3O5/c20-13-3-7-16(21)18(9-13)28-11-19(25)23-22-10-15-6-8-17(29-15)12-1-4-14(5-2-12)24(26)27/h1-10H,11H2,(H,23,25)/b22-10-. The highest BCUT2D eigenvalue weighted by molar-refractivity contribution is 6.34. The van der Waals surface area contributed by atoms with Crippen molar-refractivity contribution in [2.45, 2.75) is 0 Å². The van der Waals surface area contributed by atoms with Gasteiger partial charge in [0.1, 0.15) is 17.3 Å². The molecule has 3 rings (SSSR count). The lowest BCUT2D eigenvalue weighted by Crippen LogP contribution is -2.24. The van der Waals surface area contributed by atoms with Gasteiger partial charge >= 0.3 is 0 Å². The molecule has 0 unspecified atom stereocenters. The molecular weight excluding hydrogens is 421 g/mol. The van der Waals surface area contributed by atoms with Crippen LogP contribution in [0.3, 0.4) is 0 Å². The van der Waals surface area contributed by atoms with Gasteiger partial charge in [0.05, 0.1) is 16.2 Å². The molecule has 3 aromatic rings. The fourth-order valence-corrected chi connectivity index (χ4v) is 2.59. The van der Waals surface area contributed by atoms with E-state index in [0.29, 0.717) is 27.1 Å². The van der Waals surface area contributed by atoms with E-state index in [2.05, 4.69) is 10.5 Å². The van der Waals surface area contributed by atoms with Crippen molar-refractivity contribution in [3.8, 4) is 17.1 Å². The van der Waals surface area contributed by atoms with Crippen molar-refractivity contribution < 1.29 is 18.9 Å². The third kappa shape index (κ3) is 5.56. The summed E-state index contributed by atoms with van der Waals surface area (Å²) in [5, 5.41) is 15.3. The maximum absolute atomic E-state index is 11.8. The number of hydrogen-bond donors (Lipinski definition) is 1. The molecule has 1 N–H and O–H groups in total. The minimum atomic E-state index is -0.501. The zero-order valence-electron chi connectivity index (χ0n) is 14.7. The Morgan fingerprint density at radius 1 is 1.17 bits per heavy atom. The zero-order chi connectivity index (χ0) is 20.8. The Morgan fingerprint density at radius 2 is 1.93 bits per heavy atom. The van der Waals surface area contributed by atoms with Gasteiger partial charge < -0.3 is 9.15 Å². The van der Waals surface area contributed by atoms with Crippen molar-refractivity contribution in [1.29, 1.82) is 0 Å². The van der Waals surface area contributed by atoms with Crippen LogP contribution in [0.5, 0.6) is 5.75 Å². The summed E-state index contributed by atoms with van der Waals surface area (Å²) >= 11 is 11.8. The van der Waals surface area contributed by atoms with Crippen LogP contribution in [0.15, 0.2) is 64.1 Å². The molecule has 2 aromatic carbocycles. The average Bonchev–Trinajstić information content (AvgIpc) is 3.17. The molecule has 29 heavy (non-hydrogen) atoms. The summed E-state index contributed by atoms with van der Waals surface area (Å²) in [6, 6.07) is 13.9. The maximum atomic E-state index is 11.8. The van der Waals surface area contributed by atoms with E-state index in [1.165, 1.54) is 24.4 Å². The minimum absolute atomic E-state index is 0.00825. The summed E-state index contributed by atoms with van der Waals surface area (Å²) < 4.78 is 10.9. The van der Waals surface area contributed by atoms with Gasteiger partial charge in [-0.3, -0.25) is 14.9 Å². The molecule has 0 radical (unpaired) electrons. The van der Waals surface area contributed by atoms with E-state index in [-0.39, 0.29) is 18.0 Å². The Bertz CT molecular complexity index is 1060. The van der Waals surface area contributed by atoms with Gasteiger partial charge in [-0.15, -0.1) is 0 Å². The third-order valence-corrected chi connectivity index (χ3v) is 4.17. The fourth-order valence-electron chi connectivity index (χ4n) is 2.26. The highest BCUT2D eigenvalue weighted by atomic mass is 35.5. The summed E-state index contributed by atoms with van der Waals surface area (Å²) in [7, 11) is 0. The second kappa shape index (κ2) is 9.22. The minimum Gasteiger partial charge on any atom is -0.482 e. The monoisotopic (exact) mass is 433 g/mol. The van der Waals surface area contributed by atoms with Crippen LogP contribution in [-0.4, -0.2) is 23.7 Å². The molecule has 0 spiro atoms. The number of carbonyl (C=O) groups excluding carboxylic acids is 1. The smallest absolute Gasteiger partial charge is 0.277 e. The predicted octanol–water partition coefficient (Wildman–Crippen LogP) is 4.69. The first-order chi connectivity index (χ1) is 13.9. The Labute approximate surface area is 174 Å². The Balaban J connectivity index is 1.53. The van der Waals surface area contributed by atoms with Crippen LogP contribution in [0.1, 0.15) is 5.76 Å². The van der Waals surface area contributed by atoms with E-state index < -0.39 is 10.8 Å². The number of hydrogen-bond acceptors (Lipinski definition) is 6. The molecular formula is C19H13Cl2N3O5. The lowest BCUT2D eigenvalue weighted by Gasteiger charge is -2.07. The highest BCUT2D eigenvalue weighted by Gasteiger charge is 2.09. The lowest BCUT2D eigenvalue weighted by molar-refractivity contribution is -0.384. The third-order valence-electron chi connectivity index (χ3n) is 3.62. The summed E-state index contributed by atoms with van der Waals surface area (Å²) in [6.07, 6.45) is 1.32. The van der Waals surface area contributed by atoms with Crippen molar-refractivity contribution in [2.24, 2.45) is 5.10 Å². The summed E-state index contributed by atoms with van der Waals surface area (Å²) in [5.41, 5.74) is 2.96. The summed E-state index contributed by atoms with van der Waals surface area (Å²) in [4.78, 5) is 22.0. The van der Waals surface area contributed by atoms with E-state index in [1.807, 2.05) is 0 Å². The molecule has 0 aliphatic heterocycles. The average molecular weight is 434 g/mol. The van der Waals surface area contributed by atoms with Crippen LogP contribution in [0, 0.1) is 10.1 Å². The molecule has 1 amide bonds. The SMILES string of the molecule is O=C(COc1cc(Cl)ccc1Cl)N/N=C\c1ccc(-c2ccc([N+](=O)[O-])cc2)o1. The quantitative estimate of drug-likeness (QED) is 0.330. The van der Waals surface area contributed by atoms with Gasteiger partial charge in [0.25, 0.3) is 11.6 Å². The first-order valence-electron chi connectivity index (χ1n) is 8.17. The van der Waals surface area contributed by atoms with E-state index in [0.717, 1.165) is 0 Å². The molecule has 0 aliphatic rings. The van der Waals surface area contributed by atoms with E-state index >= 15 is 0 Å². The number of nitrogens with one attached hydrogen (secondary N) is 1. The van der Waals surface area contributed by atoms with Crippen molar-refractivity contribution in [2.75, 3.05) is 6.61 Å². The number of non-ortho nitro benzene ring substituents is 1. The lowest BCUT2D eigenvalue weighted by atomic mass is 10.1. The van der Waals surface area contributed by atoms with Gasteiger partial charge in [0.15, 0.2) is 6.61 Å². The van der Waals surface area contributed by atoms with Crippen molar-refractivity contribution in [1.82, 2.24) is 5.43 Å². The number of benzene rings is 2. The van der Waals surface area contributed by atoms with Gasteiger partial charge in [0, 0.05) is 28.8 Å². The van der Waals surface area contributed by atoms with Gasteiger partial charge in [-0.25, -0.2) is 5.43 Å². The van der Waals surface area contributed by atoms with Gasteiger partial charge in [-0.2, -0.15) is 5.10 Å². The molecule has 0 bridgehead atoms. The molecule has 1 aromatic heterocycles. The Morgan fingerprint density at radius 3 is 2.66 bits per heavy atom. The number of halogens is 2. The number of ether oxygens (including phenoxy) is 1. The molecule has 0 atom stereocenters. The number of nitro groups is 1. The number of hydrazone groups is 1. The van der Waals surface area contributed by atoms with Gasteiger partial charge in [-0.05, 0) is 36.4 Å². The molecule has 0 saturated carbocycles. The Hall–Kier alpha value is -3.36. The number of nitro benzene ring substituents is 1. The second-order valence-electron chi connectivity index (χ2n) is 5.66. The van der Waals surface area contributed by atoms with Crippen LogP contribution in [0.2, 0.25) is 10.0 Å². The predicted molar refractivity (Wildman–Crippen MR) is 108 cm³/mol. The molecule has 10 heteroatoms. The van der Waals surface area contributed by atoms with Crippen molar-refractivity contribution in [3.63, 3.8) is 0 Å². The van der Waals surface area contributed by atoms with Crippen LogP contribution >= 0.6 is 23.2 Å². The first-order valence-corrected chi connectivity index (χ1v) is 8.92.